The Hall–Kier alpha value is -2.55. The fourth-order valence-electron chi connectivity index (χ4n) is 4.52. The summed E-state index contributed by atoms with van der Waals surface area (Å²) in [5.41, 5.74) is 2.04. The molecule has 0 unspecified atom stereocenters. The molecule has 1 aliphatic rings. The first-order valence-electron chi connectivity index (χ1n) is 12.3. The van der Waals surface area contributed by atoms with Gasteiger partial charge in [-0.1, -0.05) is 50.7 Å². The fraction of sp³-hybridized carbons (Fsp3) is 0.310. The first-order valence-corrected chi connectivity index (χ1v) is 14.7. The third-order valence-electron chi connectivity index (χ3n) is 6.64. The number of fused-ring (bicyclic) bond motifs is 1. The Balaban J connectivity index is 1.42. The van der Waals surface area contributed by atoms with E-state index in [0.29, 0.717) is 23.8 Å². The highest BCUT2D eigenvalue weighted by molar-refractivity contribution is 9.10. The van der Waals surface area contributed by atoms with Crippen molar-refractivity contribution in [3.05, 3.63) is 86.8 Å². The molecule has 1 aromatic carbocycles. The molecular formula is C29H29BrN2O3S2. The Morgan fingerprint density at radius 2 is 2.05 bits per heavy atom. The smallest absolute Gasteiger partial charge is 0.255 e. The number of amides is 1. The van der Waals surface area contributed by atoms with Gasteiger partial charge < -0.3 is 14.2 Å². The third kappa shape index (κ3) is 6.13. The van der Waals surface area contributed by atoms with Crippen molar-refractivity contribution in [2.24, 2.45) is 16.3 Å². The normalized spacial score (nSPS) is 15.7. The van der Waals surface area contributed by atoms with Gasteiger partial charge in [0.25, 0.3) is 5.91 Å². The molecule has 37 heavy (non-hydrogen) atoms. The molecule has 0 bridgehead atoms. The van der Waals surface area contributed by atoms with Crippen molar-refractivity contribution in [1.82, 2.24) is 5.32 Å². The summed E-state index contributed by atoms with van der Waals surface area (Å²) in [5, 5.41) is 4.51. The molecule has 1 atom stereocenters. The zero-order valence-corrected chi connectivity index (χ0v) is 24.3. The molecule has 0 aliphatic heterocycles. The number of halogens is 1. The lowest BCUT2D eigenvalue weighted by atomic mass is 9.72. The summed E-state index contributed by atoms with van der Waals surface area (Å²) in [5.74, 6) is 1.81. The van der Waals surface area contributed by atoms with Crippen LogP contribution in [0, 0.1) is 11.3 Å². The van der Waals surface area contributed by atoms with Gasteiger partial charge in [0.2, 0.25) is 0 Å². The molecule has 0 spiro atoms. The van der Waals surface area contributed by atoms with Crippen LogP contribution in [0.15, 0.2) is 83.1 Å². The standard InChI is InChI=1S/C29H29BrN2O3S2/c1-29(2,3)18-11-12-22-24(14-18)37-27(25(22)26(33)31-16-19-8-7-13-34-19)32-17-20-15-23(30)28(35-20)36-21-9-5-4-6-10-21/h4-10,13,15,17-18H,11-12,14,16H2,1-3H3,(H,31,33)/t18-/m1/s1. The van der Waals surface area contributed by atoms with Crippen molar-refractivity contribution in [1.29, 1.82) is 0 Å². The van der Waals surface area contributed by atoms with Crippen LogP contribution in [0.4, 0.5) is 5.00 Å². The van der Waals surface area contributed by atoms with E-state index in [0.717, 1.165) is 50.0 Å². The maximum absolute atomic E-state index is 13.4. The van der Waals surface area contributed by atoms with Crippen molar-refractivity contribution in [2.45, 2.75) is 56.6 Å². The van der Waals surface area contributed by atoms with Crippen molar-refractivity contribution in [2.75, 3.05) is 0 Å². The number of hydrogen-bond donors (Lipinski definition) is 1. The highest BCUT2D eigenvalue weighted by atomic mass is 79.9. The summed E-state index contributed by atoms with van der Waals surface area (Å²) < 4.78 is 12.3. The van der Waals surface area contributed by atoms with Crippen LogP contribution in [0.25, 0.3) is 0 Å². The Morgan fingerprint density at radius 3 is 2.78 bits per heavy atom. The Morgan fingerprint density at radius 1 is 1.24 bits per heavy atom. The molecule has 5 nitrogen and oxygen atoms in total. The Kier molecular flexibility index (Phi) is 7.79. The van der Waals surface area contributed by atoms with Gasteiger partial charge in [-0.2, -0.15) is 0 Å². The van der Waals surface area contributed by atoms with Crippen LogP contribution in [0.3, 0.4) is 0 Å². The van der Waals surface area contributed by atoms with Crippen LogP contribution in [0.5, 0.6) is 0 Å². The highest BCUT2D eigenvalue weighted by Gasteiger charge is 2.33. The number of carbonyl (C=O) groups is 1. The number of furan rings is 2. The molecule has 5 rings (SSSR count). The van der Waals surface area contributed by atoms with Gasteiger partial charge in [0.05, 0.1) is 29.1 Å². The topological polar surface area (TPSA) is 67.7 Å². The minimum Gasteiger partial charge on any atom is -0.467 e. The quantitative estimate of drug-likeness (QED) is 0.217. The number of aliphatic imine (C=N–C) groups is 1. The maximum atomic E-state index is 13.4. The lowest BCUT2D eigenvalue weighted by molar-refractivity contribution is 0.0947. The molecule has 3 heterocycles. The van der Waals surface area contributed by atoms with Gasteiger partial charge in [0, 0.05) is 15.8 Å². The summed E-state index contributed by atoms with van der Waals surface area (Å²) in [7, 11) is 0. The van der Waals surface area contributed by atoms with Crippen molar-refractivity contribution >= 4 is 56.2 Å². The predicted molar refractivity (Wildman–Crippen MR) is 153 cm³/mol. The van der Waals surface area contributed by atoms with Crippen molar-refractivity contribution < 1.29 is 13.6 Å². The molecule has 0 fully saturated rings. The maximum Gasteiger partial charge on any atom is 0.255 e. The zero-order valence-electron chi connectivity index (χ0n) is 21.0. The molecule has 0 radical (unpaired) electrons. The zero-order chi connectivity index (χ0) is 26.0. The highest BCUT2D eigenvalue weighted by Crippen LogP contribution is 2.45. The lowest BCUT2D eigenvalue weighted by Gasteiger charge is -2.33. The summed E-state index contributed by atoms with van der Waals surface area (Å²) in [4.78, 5) is 20.5. The molecule has 0 saturated heterocycles. The SMILES string of the molecule is CC(C)(C)[C@@H]1CCc2c(sc(N=Cc3cc(Br)c(Sc4ccccc4)o3)c2C(=O)NCc2ccco2)C1. The minimum atomic E-state index is -0.115. The number of carbonyl (C=O) groups excluding carboxylic acids is 1. The molecular weight excluding hydrogens is 568 g/mol. The van der Waals surface area contributed by atoms with Crippen molar-refractivity contribution in [3.63, 3.8) is 0 Å². The van der Waals surface area contributed by atoms with E-state index in [1.54, 1.807) is 35.6 Å². The second-order valence-electron chi connectivity index (χ2n) is 10.2. The Bertz CT molecular complexity index is 1400. The van der Waals surface area contributed by atoms with E-state index in [2.05, 4.69) is 42.0 Å². The molecule has 4 aromatic rings. The van der Waals surface area contributed by atoms with Crippen LogP contribution >= 0.6 is 39.0 Å². The molecule has 0 saturated carbocycles. The number of hydrogen-bond acceptors (Lipinski definition) is 6. The van der Waals surface area contributed by atoms with E-state index < -0.39 is 0 Å². The van der Waals surface area contributed by atoms with Crippen LogP contribution < -0.4 is 5.32 Å². The van der Waals surface area contributed by atoms with Crippen LogP contribution in [0.2, 0.25) is 0 Å². The third-order valence-corrected chi connectivity index (χ3v) is 9.65. The Labute approximate surface area is 233 Å². The van der Waals surface area contributed by atoms with E-state index in [1.165, 1.54) is 4.88 Å². The first-order chi connectivity index (χ1) is 17.8. The summed E-state index contributed by atoms with van der Waals surface area (Å²) in [6, 6.07) is 15.7. The second-order valence-corrected chi connectivity index (χ2v) is 13.2. The minimum absolute atomic E-state index is 0.115. The molecule has 1 N–H and O–H groups in total. The van der Waals surface area contributed by atoms with Crippen molar-refractivity contribution in [3.8, 4) is 0 Å². The predicted octanol–water partition coefficient (Wildman–Crippen LogP) is 8.68. The van der Waals surface area contributed by atoms with Crippen LogP contribution in [-0.4, -0.2) is 12.1 Å². The number of thiophene rings is 1. The van der Waals surface area contributed by atoms with Gasteiger partial charge in [-0.25, -0.2) is 4.99 Å². The van der Waals surface area contributed by atoms with E-state index in [1.807, 2.05) is 48.5 Å². The van der Waals surface area contributed by atoms with Gasteiger partial charge in [-0.15, -0.1) is 11.3 Å². The van der Waals surface area contributed by atoms with E-state index in [4.69, 9.17) is 13.8 Å². The fourth-order valence-corrected chi connectivity index (χ4v) is 7.14. The number of nitrogens with zero attached hydrogens (tertiary/aromatic N) is 1. The van der Waals surface area contributed by atoms with E-state index >= 15 is 0 Å². The van der Waals surface area contributed by atoms with E-state index in [9.17, 15) is 4.79 Å². The summed E-state index contributed by atoms with van der Waals surface area (Å²) >= 11 is 6.78. The molecule has 192 valence electrons. The van der Waals surface area contributed by atoms with E-state index in [-0.39, 0.29) is 11.3 Å². The van der Waals surface area contributed by atoms with Crippen LogP contribution in [0.1, 0.15) is 59.5 Å². The molecule has 1 amide bonds. The lowest BCUT2D eigenvalue weighted by Crippen LogP contribution is -2.28. The molecule has 8 heteroatoms. The second kappa shape index (κ2) is 11.1. The molecule has 3 aromatic heterocycles. The average molecular weight is 598 g/mol. The summed E-state index contributed by atoms with van der Waals surface area (Å²) in [6.45, 7) is 7.24. The van der Waals surface area contributed by atoms with Crippen LogP contribution in [-0.2, 0) is 19.4 Å². The monoisotopic (exact) mass is 596 g/mol. The average Bonchev–Trinajstić information content (AvgIpc) is 3.60. The number of rotatable bonds is 7. The van der Waals surface area contributed by atoms with Gasteiger partial charge in [-0.05, 0) is 76.4 Å². The van der Waals surface area contributed by atoms with Gasteiger partial charge in [0.1, 0.15) is 16.5 Å². The van der Waals surface area contributed by atoms with Gasteiger partial charge in [0.15, 0.2) is 5.09 Å². The van der Waals surface area contributed by atoms with Gasteiger partial charge in [-0.3, -0.25) is 4.79 Å². The molecule has 1 aliphatic carbocycles. The number of benzene rings is 1. The summed E-state index contributed by atoms with van der Waals surface area (Å²) in [6.07, 6.45) is 6.25. The number of nitrogens with one attached hydrogen (secondary N) is 1. The largest absolute Gasteiger partial charge is 0.467 e. The van der Waals surface area contributed by atoms with Gasteiger partial charge >= 0.3 is 0 Å². The first kappa shape index (κ1) is 26.1.